The summed E-state index contributed by atoms with van der Waals surface area (Å²) in [5.41, 5.74) is 0.456. The van der Waals surface area contributed by atoms with Crippen molar-refractivity contribution in [2.24, 2.45) is 5.92 Å². The second kappa shape index (κ2) is 7.74. The van der Waals surface area contributed by atoms with E-state index >= 15 is 0 Å². The van der Waals surface area contributed by atoms with Crippen LogP contribution >= 0.6 is 0 Å². The SMILES string of the molecule is CN(CC(=O)NCCC1CCNC1)c1ccccc1[N+](=O)[O-]. The molecule has 1 aromatic carbocycles. The standard InChI is InChI=1S/C15H22N4O3/c1-18(13-4-2-3-5-14(13)19(21)22)11-15(20)17-9-7-12-6-8-16-10-12/h2-5,12,16H,6-11H2,1H3,(H,17,20). The molecule has 7 heteroatoms. The average Bonchev–Trinajstić information content (AvgIpc) is 3.00. The summed E-state index contributed by atoms with van der Waals surface area (Å²) in [6, 6.07) is 6.43. The molecular formula is C15H22N4O3. The van der Waals surface area contributed by atoms with E-state index in [0.717, 1.165) is 25.9 Å². The largest absolute Gasteiger partial charge is 0.360 e. The van der Waals surface area contributed by atoms with Gasteiger partial charge in [0.15, 0.2) is 0 Å². The predicted octanol–water partition coefficient (Wildman–Crippen LogP) is 1.15. The molecule has 1 amide bonds. The number of nitrogens with one attached hydrogen (secondary N) is 2. The highest BCUT2D eigenvalue weighted by Gasteiger charge is 2.18. The Balaban J connectivity index is 1.82. The molecule has 2 rings (SSSR count). The maximum absolute atomic E-state index is 11.9. The molecule has 1 aliphatic heterocycles. The minimum Gasteiger partial charge on any atom is -0.360 e. The summed E-state index contributed by atoms with van der Waals surface area (Å²) in [5.74, 6) is 0.514. The van der Waals surface area contributed by atoms with Gasteiger partial charge < -0.3 is 15.5 Å². The van der Waals surface area contributed by atoms with Crippen molar-refractivity contribution in [1.82, 2.24) is 10.6 Å². The van der Waals surface area contributed by atoms with Crippen LogP contribution in [0.4, 0.5) is 11.4 Å². The fraction of sp³-hybridized carbons (Fsp3) is 0.533. The summed E-state index contributed by atoms with van der Waals surface area (Å²) in [6.07, 6.45) is 2.12. The van der Waals surface area contributed by atoms with Gasteiger partial charge in [-0.15, -0.1) is 0 Å². The predicted molar refractivity (Wildman–Crippen MR) is 85.0 cm³/mol. The van der Waals surface area contributed by atoms with Crippen molar-refractivity contribution in [3.8, 4) is 0 Å². The number of likely N-dealkylation sites (N-methyl/N-ethyl adjacent to an activating group) is 1. The topological polar surface area (TPSA) is 87.5 Å². The molecule has 120 valence electrons. The van der Waals surface area contributed by atoms with Crippen molar-refractivity contribution in [3.63, 3.8) is 0 Å². The van der Waals surface area contributed by atoms with Crippen molar-refractivity contribution < 1.29 is 9.72 Å². The quantitative estimate of drug-likeness (QED) is 0.583. The van der Waals surface area contributed by atoms with Crippen LogP contribution in [0.15, 0.2) is 24.3 Å². The summed E-state index contributed by atoms with van der Waals surface area (Å²) in [4.78, 5) is 24.1. The lowest BCUT2D eigenvalue weighted by Gasteiger charge is -2.19. The molecular weight excluding hydrogens is 284 g/mol. The first kappa shape index (κ1) is 16.2. The van der Waals surface area contributed by atoms with Gasteiger partial charge in [0.05, 0.1) is 11.5 Å². The number of carbonyl (C=O) groups is 1. The highest BCUT2D eigenvalue weighted by molar-refractivity contribution is 5.82. The smallest absolute Gasteiger partial charge is 0.292 e. The number of carbonyl (C=O) groups excluding carboxylic acids is 1. The number of nitrogens with zero attached hydrogens (tertiary/aromatic N) is 2. The molecule has 1 aliphatic rings. The van der Waals surface area contributed by atoms with Gasteiger partial charge in [-0.3, -0.25) is 14.9 Å². The molecule has 1 unspecified atom stereocenters. The lowest BCUT2D eigenvalue weighted by Crippen LogP contribution is -2.36. The van der Waals surface area contributed by atoms with Crippen LogP contribution in [-0.4, -0.2) is 44.1 Å². The number of rotatable bonds is 7. The Hall–Kier alpha value is -2.15. The maximum atomic E-state index is 11.9. The van der Waals surface area contributed by atoms with Crippen molar-refractivity contribution in [2.45, 2.75) is 12.8 Å². The van der Waals surface area contributed by atoms with E-state index in [1.54, 1.807) is 30.1 Å². The number of amides is 1. The molecule has 22 heavy (non-hydrogen) atoms. The number of nitro benzene ring substituents is 1. The summed E-state index contributed by atoms with van der Waals surface area (Å²) in [6.45, 7) is 2.83. The fourth-order valence-corrected chi connectivity index (χ4v) is 2.67. The van der Waals surface area contributed by atoms with E-state index in [1.165, 1.54) is 6.07 Å². The molecule has 0 bridgehead atoms. The van der Waals surface area contributed by atoms with Crippen molar-refractivity contribution in [2.75, 3.05) is 38.1 Å². The van der Waals surface area contributed by atoms with E-state index in [4.69, 9.17) is 0 Å². The number of hydrogen-bond acceptors (Lipinski definition) is 5. The summed E-state index contributed by atoms with van der Waals surface area (Å²) in [7, 11) is 1.68. The second-order valence-electron chi connectivity index (χ2n) is 5.60. The van der Waals surface area contributed by atoms with Crippen LogP contribution in [0.25, 0.3) is 0 Å². The highest BCUT2D eigenvalue weighted by Crippen LogP contribution is 2.26. The van der Waals surface area contributed by atoms with Gasteiger partial charge >= 0.3 is 0 Å². The van der Waals surface area contributed by atoms with Gasteiger partial charge in [-0.25, -0.2) is 0 Å². The first-order chi connectivity index (χ1) is 10.6. The molecule has 2 N–H and O–H groups in total. The third kappa shape index (κ3) is 4.42. The van der Waals surface area contributed by atoms with Crippen LogP contribution in [0.5, 0.6) is 0 Å². The van der Waals surface area contributed by atoms with Crippen molar-refractivity contribution in [1.29, 1.82) is 0 Å². The Kier molecular flexibility index (Phi) is 5.71. The van der Waals surface area contributed by atoms with Crippen molar-refractivity contribution in [3.05, 3.63) is 34.4 Å². The number of hydrogen-bond donors (Lipinski definition) is 2. The zero-order chi connectivity index (χ0) is 15.9. The highest BCUT2D eigenvalue weighted by atomic mass is 16.6. The van der Waals surface area contributed by atoms with E-state index < -0.39 is 4.92 Å². The molecule has 1 saturated heterocycles. The molecule has 1 atom stereocenters. The maximum Gasteiger partial charge on any atom is 0.292 e. The normalized spacial score (nSPS) is 17.2. The van der Waals surface area contributed by atoms with E-state index in [1.807, 2.05) is 0 Å². The molecule has 1 fully saturated rings. The molecule has 7 nitrogen and oxygen atoms in total. The monoisotopic (exact) mass is 306 g/mol. The summed E-state index contributed by atoms with van der Waals surface area (Å²) >= 11 is 0. The molecule has 0 aromatic heterocycles. The molecule has 0 spiro atoms. The number of nitro groups is 1. The van der Waals surface area contributed by atoms with Gasteiger partial charge in [0.25, 0.3) is 5.69 Å². The fourth-order valence-electron chi connectivity index (χ4n) is 2.67. The molecule has 1 aromatic rings. The van der Waals surface area contributed by atoms with Gasteiger partial charge in [0.2, 0.25) is 5.91 Å². The van der Waals surface area contributed by atoms with Crippen LogP contribution in [-0.2, 0) is 4.79 Å². The first-order valence-corrected chi connectivity index (χ1v) is 7.50. The lowest BCUT2D eigenvalue weighted by atomic mass is 10.1. The van der Waals surface area contributed by atoms with E-state index in [-0.39, 0.29) is 18.1 Å². The minimum absolute atomic E-state index is 0.00910. The minimum atomic E-state index is -0.434. The summed E-state index contributed by atoms with van der Waals surface area (Å²) < 4.78 is 0. The third-order valence-corrected chi connectivity index (χ3v) is 3.91. The Morgan fingerprint density at radius 3 is 2.95 bits per heavy atom. The molecule has 1 heterocycles. The summed E-state index contributed by atoms with van der Waals surface area (Å²) in [5, 5.41) is 17.2. The van der Waals surface area contributed by atoms with Crippen LogP contribution in [0.3, 0.4) is 0 Å². The average molecular weight is 306 g/mol. The molecule has 0 aliphatic carbocycles. The van der Waals surface area contributed by atoms with Crippen LogP contribution in [0, 0.1) is 16.0 Å². The van der Waals surface area contributed by atoms with Gasteiger partial charge in [0.1, 0.15) is 5.69 Å². The van der Waals surface area contributed by atoms with E-state index in [9.17, 15) is 14.9 Å². The van der Waals surface area contributed by atoms with Gasteiger partial charge in [0, 0.05) is 19.7 Å². The lowest BCUT2D eigenvalue weighted by molar-refractivity contribution is -0.384. The van der Waals surface area contributed by atoms with E-state index in [2.05, 4.69) is 10.6 Å². The first-order valence-electron chi connectivity index (χ1n) is 7.50. The number of para-hydroxylation sites is 2. The molecule has 0 saturated carbocycles. The Morgan fingerprint density at radius 2 is 2.27 bits per heavy atom. The number of benzene rings is 1. The van der Waals surface area contributed by atoms with Crippen LogP contribution < -0.4 is 15.5 Å². The zero-order valence-electron chi connectivity index (χ0n) is 12.7. The Labute approximate surface area is 129 Å². The van der Waals surface area contributed by atoms with E-state index in [0.29, 0.717) is 18.2 Å². The van der Waals surface area contributed by atoms with Crippen LogP contribution in [0.2, 0.25) is 0 Å². The Morgan fingerprint density at radius 1 is 1.50 bits per heavy atom. The van der Waals surface area contributed by atoms with Crippen LogP contribution in [0.1, 0.15) is 12.8 Å². The Bertz CT molecular complexity index is 529. The molecule has 0 radical (unpaired) electrons. The zero-order valence-corrected chi connectivity index (χ0v) is 12.7. The second-order valence-corrected chi connectivity index (χ2v) is 5.60. The van der Waals surface area contributed by atoms with Gasteiger partial charge in [-0.1, -0.05) is 12.1 Å². The number of anilines is 1. The van der Waals surface area contributed by atoms with Crippen molar-refractivity contribution >= 4 is 17.3 Å². The van der Waals surface area contributed by atoms with Gasteiger partial charge in [-0.2, -0.15) is 0 Å². The third-order valence-electron chi connectivity index (χ3n) is 3.91. The van der Waals surface area contributed by atoms with Gasteiger partial charge in [-0.05, 0) is 37.9 Å².